The Labute approximate surface area is 222 Å². The summed E-state index contributed by atoms with van der Waals surface area (Å²) >= 11 is 0. The number of hydrogen-bond donors (Lipinski definition) is 2. The molecule has 3 heterocycles. The number of anilines is 2. The number of aryl methyl sites for hydroxylation is 2. The van der Waals surface area contributed by atoms with Gasteiger partial charge in [-0.3, -0.25) is 34.8 Å². The molecule has 0 unspecified atom stereocenters. The third-order valence-electron chi connectivity index (χ3n) is 6.80. The maximum absolute atomic E-state index is 13.9. The van der Waals surface area contributed by atoms with Crippen LogP contribution < -0.4 is 20.4 Å². The van der Waals surface area contributed by atoms with Crippen molar-refractivity contribution < 1.29 is 28.8 Å². The molecule has 0 radical (unpaired) electrons. The first-order valence-electron chi connectivity index (χ1n) is 12.1. The highest BCUT2D eigenvalue weighted by atomic mass is 16.2. The largest absolute Gasteiger partial charge is 0.335 e. The molecule has 2 fully saturated rings. The molecule has 1 aromatic heterocycles. The number of nitrogens with zero attached hydrogens (tertiary/aromatic N) is 3. The molecule has 0 aliphatic carbocycles. The first-order valence-corrected chi connectivity index (χ1v) is 12.1. The smallest absolute Gasteiger partial charge is 0.277 e. The molecule has 2 atom stereocenters. The van der Waals surface area contributed by atoms with Gasteiger partial charge in [-0.15, -0.1) is 0 Å². The third-order valence-corrected chi connectivity index (χ3v) is 6.80. The summed E-state index contributed by atoms with van der Waals surface area (Å²) in [5.74, 6) is -8.42. The van der Waals surface area contributed by atoms with Crippen molar-refractivity contribution >= 4 is 47.1 Å². The molecule has 0 spiro atoms. The number of pyridine rings is 1. The Morgan fingerprint density at radius 3 is 1.38 bits per heavy atom. The summed E-state index contributed by atoms with van der Waals surface area (Å²) < 4.78 is 0. The minimum absolute atomic E-state index is 0.213. The van der Waals surface area contributed by atoms with Crippen molar-refractivity contribution in [1.29, 1.82) is 0 Å². The average Bonchev–Trinajstić information content (AvgIpc) is 2.90. The van der Waals surface area contributed by atoms with Gasteiger partial charge in [-0.05, 0) is 55.8 Å². The molecule has 2 aliphatic rings. The van der Waals surface area contributed by atoms with E-state index in [2.05, 4.69) is 15.6 Å². The zero-order valence-corrected chi connectivity index (χ0v) is 21.0. The topological polar surface area (TPSA) is 146 Å². The molecular weight excluding hydrogens is 502 g/mol. The Morgan fingerprint density at radius 1 is 0.615 bits per heavy atom. The molecule has 0 bridgehead atoms. The van der Waals surface area contributed by atoms with Gasteiger partial charge in [0.15, 0.2) is 0 Å². The molecule has 11 heteroatoms. The summed E-state index contributed by atoms with van der Waals surface area (Å²) in [6.45, 7) is 3.67. The molecule has 3 aromatic rings. The van der Waals surface area contributed by atoms with Crippen LogP contribution in [0.1, 0.15) is 22.6 Å². The molecule has 2 aliphatic heterocycles. The minimum Gasteiger partial charge on any atom is -0.277 e. The highest BCUT2D eigenvalue weighted by Gasteiger charge is 2.54. The number of nitrogens with one attached hydrogen (secondary N) is 2. The van der Waals surface area contributed by atoms with Gasteiger partial charge in [0.1, 0.15) is 11.8 Å². The fourth-order valence-electron chi connectivity index (χ4n) is 4.85. The SMILES string of the molecule is Cc1ccc(N2C(=O)NC(=O)[C@@H](C(c3ccncc3)[C@@H]3C(=O)NC(=O)N(c4ccc(C)cc4)C3=O)C2=O)cc1. The number of carbonyl (C=O) groups excluding carboxylic acids is 6. The van der Waals surface area contributed by atoms with Gasteiger partial charge >= 0.3 is 12.1 Å². The van der Waals surface area contributed by atoms with Gasteiger partial charge in [0.2, 0.25) is 23.6 Å². The molecular formula is C28H23N5O6. The number of barbiturate groups is 2. The van der Waals surface area contributed by atoms with Crippen LogP contribution >= 0.6 is 0 Å². The Bertz CT molecular complexity index is 1410. The number of carbonyl (C=O) groups is 6. The molecule has 5 rings (SSSR count). The standard InChI is InChI=1S/C28H23N5O6/c1-15-3-7-18(8-4-15)32-25(36)21(23(34)30-27(32)38)20(17-11-13-29-14-12-17)22-24(35)31-28(39)33(26(22)37)19-9-5-16(2)6-10-19/h3-14,20-22H,1-2H3,(H,30,34,38)(H,31,35,39)/t21-,22-/m1/s1. The van der Waals surface area contributed by atoms with E-state index < -0.39 is 53.4 Å². The molecule has 8 amide bonds. The lowest BCUT2D eigenvalue weighted by molar-refractivity contribution is -0.140. The maximum Gasteiger partial charge on any atom is 0.335 e. The first kappa shape index (κ1) is 25.5. The highest BCUT2D eigenvalue weighted by molar-refractivity contribution is 6.31. The summed E-state index contributed by atoms with van der Waals surface area (Å²) in [6.07, 6.45) is 2.79. The number of imide groups is 4. The summed E-state index contributed by atoms with van der Waals surface area (Å²) in [6, 6.07) is 14.1. The van der Waals surface area contributed by atoms with E-state index in [1.54, 1.807) is 48.5 Å². The van der Waals surface area contributed by atoms with Crippen LogP contribution in [-0.4, -0.2) is 40.7 Å². The van der Waals surface area contributed by atoms with Gasteiger partial charge in [-0.2, -0.15) is 0 Å². The number of hydrogen-bond acceptors (Lipinski definition) is 7. The second-order valence-corrected chi connectivity index (χ2v) is 9.37. The Balaban J connectivity index is 1.62. The molecule has 11 nitrogen and oxygen atoms in total. The fourth-order valence-corrected chi connectivity index (χ4v) is 4.85. The third kappa shape index (κ3) is 4.54. The van der Waals surface area contributed by atoms with Crippen molar-refractivity contribution in [2.75, 3.05) is 9.80 Å². The predicted octanol–water partition coefficient (Wildman–Crippen LogP) is 2.58. The van der Waals surface area contributed by atoms with E-state index in [1.165, 1.54) is 24.5 Å². The Morgan fingerprint density at radius 2 is 1.00 bits per heavy atom. The van der Waals surface area contributed by atoms with Crippen molar-refractivity contribution in [2.45, 2.75) is 19.8 Å². The van der Waals surface area contributed by atoms with E-state index in [0.29, 0.717) is 0 Å². The lowest BCUT2D eigenvalue weighted by Crippen LogP contribution is -2.64. The number of benzene rings is 2. The second-order valence-electron chi connectivity index (χ2n) is 9.37. The van der Waals surface area contributed by atoms with Crippen LogP contribution in [0.15, 0.2) is 73.1 Å². The van der Waals surface area contributed by atoms with Crippen LogP contribution in [0.25, 0.3) is 0 Å². The van der Waals surface area contributed by atoms with Crippen molar-refractivity contribution in [2.24, 2.45) is 11.8 Å². The van der Waals surface area contributed by atoms with E-state index in [1.807, 2.05) is 13.8 Å². The van der Waals surface area contributed by atoms with E-state index in [4.69, 9.17) is 0 Å². The maximum atomic E-state index is 13.9. The van der Waals surface area contributed by atoms with Crippen molar-refractivity contribution in [3.05, 3.63) is 89.7 Å². The first-order chi connectivity index (χ1) is 18.7. The minimum atomic E-state index is -1.65. The summed E-state index contributed by atoms with van der Waals surface area (Å²) in [4.78, 5) is 85.4. The second kappa shape index (κ2) is 9.93. The Hall–Kier alpha value is -5.19. The van der Waals surface area contributed by atoms with Gasteiger partial charge in [-0.25, -0.2) is 19.4 Å². The van der Waals surface area contributed by atoms with Crippen molar-refractivity contribution in [3.63, 3.8) is 0 Å². The average molecular weight is 526 g/mol. The lowest BCUT2D eigenvalue weighted by Gasteiger charge is -2.39. The lowest BCUT2D eigenvalue weighted by atomic mass is 9.73. The normalized spacial score (nSPS) is 19.9. The number of rotatable bonds is 5. The van der Waals surface area contributed by atoms with E-state index in [-0.39, 0.29) is 16.9 Å². The number of amides is 8. The molecule has 2 saturated heterocycles. The summed E-state index contributed by atoms with van der Waals surface area (Å²) in [5.41, 5.74) is 2.48. The van der Waals surface area contributed by atoms with E-state index in [9.17, 15) is 28.8 Å². The van der Waals surface area contributed by atoms with Gasteiger partial charge < -0.3 is 0 Å². The molecule has 39 heavy (non-hydrogen) atoms. The van der Waals surface area contributed by atoms with Crippen LogP contribution in [0, 0.1) is 25.7 Å². The van der Waals surface area contributed by atoms with Gasteiger partial charge in [-0.1, -0.05) is 35.4 Å². The van der Waals surface area contributed by atoms with Crippen LogP contribution in [0.4, 0.5) is 21.0 Å². The molecule has 2 N–H and O–H groups in total. The summed E-state index contributed by atoms with van der Waals surface area (Å²) in [5, 5.41) is 4.38. The molecule has 196 valence electrons. The van der Waals surface area contributed by atoms with Crippen LogP contribution in [0.3, 0.4) is 0 Å². The zero-order chi connectivity index (χ0) is 27.8. The van der Waals surface area contributed by atoms with E-state index >= 15 is 0 Å². The van der Waals surface area contributed by atoms with Crippen LogP contribution in [0.5, 0.6) is 0 Å². The molecule has 0 saturated carbocycles. The van der Waals surface area contributed by atoms with Crippen molar-refractivity contribution in [3.8, 4) is 0 Å². The van der Waals surface area contributed by atoms with E-state index in [0.717, 1.165) is 20.9 Å². The van der Waals surface area contributed by atoms with Gasteiger partial charge in [0.25, 0.3) is 0 Å². The predicted molar refractivity (Wildman–Crippen MR) is 138 cm³/mol. The fraction of sp³-hybridized carbons (Fsp3) is 0.179. The summed E-state index contributed by atoms with van der Waals surface area (Å²) in [7, 11) is 0. The highest BCUT2D eigenvalue weighted by Crippen LogP contribution is 2.39. The number of aromatic nitrogens is 1. The van der Waals surface area contributed by atoms with Crippen LogP contribution in [0.2, 0.25) is 0 Å². The van der Waals surface area contributed by atoms with Crippen molar-refractivity contribution in [1.82, 2.24) is 15.6 Å². The van der Waals surface area contributed by atoms with Gasteiger partial charge in [0, 0.05) is 18.3 Å². The number of urea groups is 2. The monoisotopic (exact) mass is 525 g/mol. The Kier molecular flexibility index (Phi) is 6.48. The van der Waals surface area contributed by atoms with Crippen LogP contribution in [-0.2, 0) is 19.2 Å². The van der Waals surface area contributed by atoms with Gasteiger partial charge in [0.05, 0.1) is 11.4 Å². The molecule has 2 aromatic carbocycles. The quantitative estimate of drug-likeness (QED) is 0.487. The zero-order valence-electron chi connectivity index (χ0n) is 21.0.